The van der Waals surface area contributed by atoms with E-state index in [-0.39, 0.29) is 4.75 Å². The second kappa shape index (κ2) is 4.36. The van der Waals surface area contributed by atoms with Crippen LogP contribution < -0.4 is 0 Å². The van der Waals surface area contributed by atoms with Crippen molar-refractivity contribution in [2.75, 3.05) is 19.3 Å². The van der Waals surface area contributed by atoms with E-state index in [4.69, 9.17) is 5.41 Å². The molecule has 3 heteroatoms. The van der Waals surface area contributed by atoms with Gasteiger partial charge in [0.2, 0.25) is 0 Å². The molecule has 0 unspecified atom stereocenters. The molecule has 76 valence electrons. The zero-order valence-corrected chi connectivity index (χ0v) is 9.71. The molecule has 0 amide bonds. The minimum Gasteiger partial charge on any atom is -0.359 e. The average molecular weight is 200 g/mol. The van der Waals surface area contributed by atoms with Gasteiger partial charge in [-0.05, 0) is 32.9 Å². The number of hydrogen-bond donors (Lipinski definition) is 1. The van der Waals surface area contributed by atoms with Gasteiger partial charge in [-0.15, -0.1) is 0 Å². The molecular weight excluding hydrogens is 180 g/mol. The first-order chi connectivity index (χ1) is 6.05. The van der Waals surface area contributed by atoms with Crippen LogP contribution >= 0.6 is 11.8 Å². The number of rotatable bonds is 3. The van der Waals surface area contributed by atoms with Gasteiger partial charge in [0.25, 0.3) is 0 Å². The third-order valence-corrected chi connectivity index (χ3v) is 3.83. The molecule has 0 saturated carbocycles. The summed E-state index contributed by atoms with van der Waals surface area (Å²) in [7, 11) is 0. The van der Waals surface area contributed by atoms with Crippen molar-refractivity contribution in [3.63, 3.8) is 0 Å². The third-order valence-electron chi connectivity index (χ3n) is 2.60. The van der Waals surface area contributed by atoms with Crippen LogP contribution in [0.1, 0.15) is 33.1 Å². The Balaban J connectivity index is 2.47. The van der Waals surface area contributed by atoms with Crippen LogP contribution in [0.2, 0.25) is 0 Å². The first-order valence-electron chi connectivity index (χ1n) is 4.93. The maximum atomic E-state index is 7.82. The lowest BCUT2D eigenvalue weighted by molar-refractivity contribution is 0.343. The zero-order valence-electron chi connectivity index (χ0n) is 8.89. The molecule has 1 saturated heterocycles. The SMILES string of the molecule is CSC(C)(C)CN1CCCCC1=N. The van der Waals surface area contributed by atoms with E-state index in [2.05, 4.69) is 25.0 Å². The van der Waals surface area contributed by atoms with Gasteiger partial charge >= 0.3 is 0 Å². The molecule has 0 aromatic carbocycles. The summed E-state index contributed by atoms with van der Waals surface area (Å²) in [6, 6.07) is 0. The molecule has 1 N–H and O–H groups in total. The molecule has 0 aliphatic carbocycles. The van der Waals surface area contributed by atoms with Gasteiger partial charge in [0, 0.05) is 24.3 Å². The number of thioether (sulfide) groups is 1. The second-order valence-corrected chi connectivity index (χ2v) is 5.80. The molecule has 1 fully saturated rings. The van der Waals surface area contributed by atoms with Gasteiger partial charge in [0.05, 0.1) is 5.84 Å². The zero-order chi connectivity index (χ0) is 9.90. The van der Waals surface area contributed by atoms with Crippen LogP contribution in [-0.2, 0) is 0 Å². The standard InChI is InChI=1S/C10H20N2S/c1-10(2,13-3)8-12-7-5-4-6-9(12)11/h11H,4-8H2,1-3H3. The molecule has 0 spiro atoms. The molecule has 1 aliphatic rings. The van der Waals surface area contributed by atoms with E-state index < -0.39 is 0 Å². The predicted octanol–water partition coefficient (Wildman–Crippen LogP) is 2.59. The summed E-state index contributed by atoms with van der Waals surface area (Å²) in [6.07, 6.45) is 5.58. The van der Waals surface area contributed by atoms with E-state index in [1.165, 1.54) is 12.8 Å². The Bertz CT molecular complexity index is 189. The average Bonchev–Trinajstić information content (AvgIpc) is 2.09. The van der Waals surface area contributed by atoms with Crippen LogP contribution in [0, 0.1) is 5.41 Å². The van der Waals surface area contributed by atoms with Crippen LogP contribution in [0.5, 0.6) is 0 Å². The molecule has 0 bridgehead atoms. The lowest BCUT2D eigenvalue weighted by Gasteiger charge is -2.35. The van der Waals surface area contributed by atoms with Gasteiger partial charge < -0.3 is 4.90 Å². The number of nitrogens with zero attached hydrogens (tertiary/aromatic N) is 1. The van der Waals surface area contributed by atoms with E-state index in [1.54, 1.807) is 0 Å². The highest BCUT2D eigenvalue weighted by Crippen LogP contribution is 2.24. The van der Waals surface area contributed by atoms with Crippen molar-refractivity contribution in [3.8, 4) is 0 Å². The van der Waals surface area contributed by atoms with E-state index in [1.807, 2.05) is 11.8 Å². The number of hydrogen-bond acceptors (Lipinski definition) is 2. The fourth-order valence-electron chi connectivity index (χ4n) is 1.59. The number of likely N-dealkylation sites (tertiary alicyclic amines) is 1. The van der Waals surface area contributed by atoms with Gasteiger partial charge in [-0.2, -0.15) is 11.8 Å². The maximum absolute atomic E-state index is 7.82. The molecule has 0 radical (unpaired) electrons. The Kier molecular flexibility index (Phi) is 3.65. The highest BCUT2D eigenvalue weighted by Gasteiger charge is 2.23. The first kappa shape index (κ1) is 10.9. The summed E-state index contributed by atoms with van der Waals surface area (Å²) in [6.45, 7) is 6.61. The molecule has 0 aromatic rings. The minimum atomic E-state index is 0.281. The van der Waals surface area contributed by atoms with Crippen LogP contribution in [0.25, 0.3) is 0 Å². The van der Waals surface area contributed by atoms with Gasteiger partial charge in [-0.1, -0.05) is 0 Å². The minimum absolute atomic E-state index is 0.281. The highest BCUT2D eigenvalue weighted by molar-refractivity contribution is 7.99. The fraction of sp³-hybridized carbons (Fsp3) is 0.900. The third kappa shape index (κ3) is 3.22. The molecule has 0 aromatic heterocycles. The van der Waals surface area contributed by atoms with Crippen molar-refractivity contribution < 1.29 is 0 Å². The van der Waals surface area contributed by atoms with E-state index in [9.17, 15) is 0 Å². The summed E-state index contributed by atoms with van der Waals surface area (Å²) >= 11 is 1.88. The Morgan fingerprint density at radius 1 is 1.46 bits per heavy atom. The lowest BCUT2D eigenvalue weighted by atomic mass is 10.1. The van der Waals surface area contributed by atoms with Crippen molar-refractivity contribution >= 4 is 17.6 Å². The first-order valence-corrected chi connectivity index (χ1v) is 6.15. The lowest BCUT2D eigenvalue weighted by Crippen LogP contribution is -2.42. The number of piperidine rings is 1. The van der Waals surface area contributed by atoms with Crippen molar-refractivity contribution in [1.82, 2.24) is 4.90 Å². The molecule has 1 aliphatic heterocycles. The Morgan fingerprint density at radius 2 is 2.15 bits per heavy atom. The van der Waals surface area contributed by atoms with Gasteiger partial charge in [-0.25, -0.2) is 0 Å². The molecule has 13 heavy (non-hydrogen) atoms. The summed E-state index contributed by atoms with van der Waals surface area (Å²) < 4.78 is 0.281. The van der Waals surface area contributed by atoms with Crippen molar-refractivity contribution in [3.05, 3.63) is 0 Å². The van der Waals surface area contributed by atoms with Gasteiger partial charge in [0.15, 0.2) is 0 Å². The van der Waals surface area contributed by atoms with Gasteiger partial charge in [0.1, 0.15) is 0 Å². The summed E-state index contributed by atoms with van der Waals surface area (Å²) in [5.74, 6) is 0.841. The highest BCUT2D eigenvalue weighted by atomic mass is 32.2. The fourth-order valence-corrected chi connectivity index (χ4v) is 1.87. The largest absolute Gasteiger partial charge is 0.359 e. The smallest absolute Gasteiger partial charge is 0.0958 e. The summed E-state index contributed by atoms with van der Waals surface area (Å²) in [5.41, 5.74) is 0. The Hall–Kier alpha value is -0.180. The molecule has 1 rings (SSSR count). The topological polar surface area (TPSA) is 27.1 Å². The molecule has 1 heterocycles. The van der Waals surface area contributed by atoms with Crippen LogP contribution in [0.4, 0.5) is 0 Å². The second-order valence-electron chi connectivity index (χ2n) is 4.29. The maximum Gasteiger partial charge on any atom is 0.0958 e. The van der Waals surface area contributed by atoms with Crippen LogP contribution in [-0.4, -0.2) is 34.8 Å². The van der Waals surface area contributed by atoms with E-state index >= 15 is 0 Å². The quantitative estimate of drug-likeness (QED) is 0.758. The number of nitrogens with one attached hydrogen (secondary N) is 1. The monoisotopic (exact) mass is 200 g/mol. The van der Waals surface area contributed by atoms with Crippen LogP contribution in [0.15, 0.2) is 0 Å². The van der Waals surface area contributed by atoms with E-state index in [0.717, 1.165) is 25.3 Å². The normalized spacial score (nSPS) is 19.3. The van der Waals surface area contributed by atoms with Gasteiger partial charge in [-0.3, -0.25) is 5.41 Å². The molecule has 2 nitrogen and oxygen atoms in total. The molecular formula is C10H20N2S. The number of amidine groups is 1. The molecule has 0 atom stereocenters. The van der Waals surface area contributed by atoms with Crippen molar-refractivity contribution in [1.29, 1.82) is 5.41 Å². The Labute approximate surface area is 85.6 Å². The van der Waals surface area contributed by atoms with Crippen molar-refractivity contribution in [2.45, 2.75) is 37.9 Å². The Morgan fingerprint density at radius 3 is 2.69 bits per heavy atom. The van der Waals surface area contributed by atoms with Crippen molar-refractivity contribution in [2.24, 2.45) is 0 Å². The van der Waals surface area contributed by atoms with E-state index in [0.29, 0.717) is 0 Å². The van der Waals surface area contributed by atoms with Crippen LogP contribution in [0.3, 0.4) is 0 Å². The summed E-state index contributed by atoms with van der Waals surface area (Å²) in [4.78, 5) is 2.24. The predicted molar refractivity (Wildman–Crippen MR) is 60.7 cm³/mol. The summed E-state index contributed by atoms with van der Waals surface area (Å²) in [5, 5.41) is 7.82.